The second-order valence-corrected chi connectivity index (χ2v) is 5.04. The Morgan fingerprint density at radius 3 is 1.95 bits per heavy atom. The molecule has 1 saturated heterocycles. The minimum Gasteiger partial charge on any atom is -0.419 e. The molecule has 0 atom stereocenters. The highest BCUT2D eigenvalue weighted by Gasteiger charge is 2.40. The molecule has 4 heteroatoms. The number of hydrogen-bond acceptors (Lipinski definition) is 4. The number of aryl methyl sites for hydroxylation is 1. The first-order chi connectivity index (χ1) is 8.80. The Bertz CT molecular complexity index is 542. The molecule has 0 N–H and O–H groups in total. The van der Waals surface area contributed by atoms with Crippen LogP contribution in [0.1, 0.15) is 31.9 Å². The summed E-state index contributed by atoms with van der Waals surface area (Å²) >= 11 is 0. The molecule has 2 rings (SSSR count). The average Bonchev–Trinajstić information content (AvgIpc) is 2.26. The molecule has 1 heterocycles. The highest BCUT2D eigenvalue weighted by Crippen LogP contribution is 2.28. The van der Waals surface area contributed by atoms with Gasteiger partial charge in [-0.15, -0.1) is 0 Å². The van der Waals surface area contributed by atoms with E-state index in [4.69, 9.17) is 9.47 Å². The Hall–Kier alpha value is -2.10. The van der Waals surface area contributed by atoms with E-state index < -0.39 is 17.7 Å². The van der Waals surface area contributed by atoms with Crippen molar-refractivity contribution in [2.75, 3.05) is 0 Å². The number of carbonyl (C=O) groups excluding carboxylic acids is 2. The van der Waals surface area contributed by atoms with Gasteiger partial charge in [-0.2, -0.15) is 0 Å². The zero-order valence-corrected chi connectivity index (χ0v) is 11.4. The second-order valence-electron chi connectivity index (χ2n) is 5.04. The standard InChI is InChI=1S/C15H16O4/c1-9-5-7-11(8-6-9)10(2)12-13(16)18-15(3,4)19-14(12)17/h5-8H,1-4H3. The number of esters is 2. The summed E-state index contributed by atoms with van der Waals surface area (Å²) in [4.78, 5) is 23.8. The van der Waals surface area contributed by atoms with Gasteiger partial charge in [0.25, 0.3) is 5.79 Å². The number of rotatable bonds is 1. The Balaban J connectivity index is 2.43. The van der Waals surface area contributed by atoms with Gasteiger partial charge in [-0.25, -0.2) is 9.59 Å². The van der Waals surface area contributed by atoms with Gasteiger partial charge in [0.05, 0.1) is 0 Å². The quantitative estimate of drug-likeness (QED) is 0.442. The van der Waals surface area contributed by atoms with Gasteiger partial charge in [0.1, 0.15) is 5.57 Å². The molecule has 4 nitrogen and oxygen atoms in total. The summed E-state index contributed by atoms with van der Waals surface area (Å²) in [5.41, 5.74) is 2.43. The number of carbonyl (C=O) groups is 2. The van der Waals surface area contributed by atoms with Crippen molar-refractivity contribution in [3.8, 4) is 0 Å². The van der Waals surface area contributed by atoms with E-state index in [0.29, 0.717) is 5.57 Å². The van der Waals surface area contributed by atoms with E-state index in [-0.39, 0.29) is 5.57 Å². The normalized spacial score (nSPS) is 17.8. The molecule has 1 aromatic rings. The predicted molar refractivity (Wildman–Crippen MR) is 70.0 cm³/mol. The van der Waals surface area contributed by atoms with E-state index in [0.717, 1.165) is 11.1 Å². The fourth-order valence-electron chi connectivity index (χ4n) is 1.91. The lowest BCUT2D eigenvalue weighted by molar-refractivity contribution is -0.222. The third-order valence-electron chi connectivity index (χ3n) is 2.94. The Morgan fingerprint density at radius 1 is 1.00 bits per heavy atom. The minimum absolute atomic E-state index is 0.0387. The lowest BCUT2D eigenvalue weighted by Crippen LogP contribution is -2.42. The van der Waals surface area contributed by atoms with Crippen molar-refractivity contribution in [1.82, 2.24) is 0 Å². The smallest absolute Gasteiger partial charge is 0.349 e. The Kier molecular flexibility index (Phi) is 3.18. The molecule has 0 amide bonds. The Morgan fingerprint density at radius 2 is 1.47 bits per heavy atom. The minimum atomic E-state index is -1.20. The van der Waals surface area contributed by atoms with Crippen LogP contribution in [0.15, 0.2) is 29.8 Å². The number of hydrogen-bond donors (Lipinski definition) is 0. The third kappa shape index (κ3) is 2.67. The fraction of sp³-hybridized carbons (Fsp3) is 0.333. The molecular weight excluding hydrogens is 244 g/mol. The highest BCUT2D eigenvalue weighted by molar-refractivity contribution is 6.20. The molecule has 0 saturated carbocycles. The molecule has 0 radical (unpaired) electrons. The van der Waals surface area contributed by atoms with Crippen LogP contribution >= 0.6 is 0 Å². The van der Waals surface area contributed by atoms with Crippen molar-refractivity contribution >= 4 is 17.5 Å². The van der Waals surface area contributed by atoms with Crippen molar-refractivity contribution in [3.63, 3.8) is 0 Å². The molecule has 0 bridgehead atoms. The molecular formula is C15H16O4. The van der Waals surface area contributed by atoms with Gasteiger partial charge in [-0.3, -0.25) is 0 Å². The first-order valence-corrected chi connectivity index (χ1v) is 6.05. The van der Waals surface area contributed by atoms with Crippen LogP contribution in [0.2, 0.25) is 0 Å². The molecule has 0 aromatic heterocycles. The predicted octanol–water partition coefficient (Wildman–Crippen LogP) is 2.60. The van der Waals surface area contributed by atoms with Gasteiger partial charge in [-0.1, -0.05) is 29.8 Å². The highest BCUT2D eigenvalue weighted by atomic mass is 16.7. The monoisotopic (exact) mass is 260 g/mol. The molecule has 1 fully saturated rings. The van der Waals surface area contributed by atoms with Crippen LogP contribution in [0.3, 0.4) is 0 Å². The van der Waals surface area contributed by atoms with Gasteiger partial charge in [0.2, 0.25) is 0 Å². The number of cyclic esters (lactones) is 2. The first kappa shape index (κ1) is 13.3. The number of benzene rings is 1. The van der Waals surface area contributed by atoms with Crippen LogP contribution in [-0.4, -0.2) is 17.7 Å². The van der Waals surface area contributed by atoms with Gasteiger partial charge in [-0.05, 0) is 25.0 Å². The average molecular weight is 260 g/mol. The number of allylic oxidation sites excluding steroid dienone is 1. The largest absolute Gasteiger partial charge is 0.419 e. The summed E-state index contributed by atoms with van der Waals surface area (Å²) in [5, 5.41) is 0. The van der Waals surface area contributed by atoms with E-state index in [2.05, 4.69) is 0 Å². The van der Waals surface area contributed by atoms with Crippen molar-refractivity contribution in [2.24, 2.45) is 0 Å². The van der Waals surface area contributed by atoms with Crippen molar-refractivity contribution in [1.29, 1.82) is 0 Å². The molecule has 0 unspecified atom stereocenters. The SMILES string of the molecule is CC(=C1C(=O)OC(C)(C)OC1=O)c1ccc(C)cc1. The molecule has 19 heavy (non-hydrogen) atoms. The van der Waals surface area contributed by atoms with Crippen LogP contribution in [-0.2, 0) is 19.1 Å². The first-order valence-electron chi connectivity index (χ1n) is 6.05. The zero-order valence-electron chi connectivity index (χ0n) is 11.4. The molecule has 1 aliphatic rings. The summed E-state index contributed by atoms with van der Waals surface area (Å²) in [6.07, 6.45) is 0. The van der Waals surface area contributed by atoms with E-state index in [1.807, 2.05) is 31.2 Å². The lowest BCUT2D eigenvalue weighted by atomic mass is 10.00. The van der Waals surface area contributed by atoms with Crippen molar-refractivity contribution < 1.29 is 19.1 Å². The van der Waals surface area contributed by atoms with Crippen LogP contribution in [0.4, 0.5) is 0 Å². The van der Waals surface area contributed by atoms with Gasteiger partial charge in [0, 0.05) is 13.8 Å². The Labute approximate surface area is 112 Å². The van der Waals surface area contributed by atoms with Crippen molar-refractivity contribution in [3.05, 3.63) is 41.0 Å². The van der Waals surface area contributed by atoms with Gasteiger partial charge < -0.3 is 9.47 Å². The van der Waals surface area contributed by atoms with Crippen LogP contribution in [0.5, 0.6) is 0 Å². The summed E-state index contributed by atoms with van der Waals surface area (Å²) in [6, 6.07) is 7.56. The second kappa shape index (κ2) is 4.53. The van der Waals surface area contributed by atoms with Crippen LogP contribution < -0.4 is 0 Å². The van der Waals surface area contributed by atoms with E-state index >= 15 is 0 Å². The van der Waals surface area contributed by atoms with Gasteiger partial charge in [0.15, 0.2) is 0 Å². The van der Waals surface area contributed by atoms with Crippen molar-refractivity contribution in [2.45, 2.75) is 33.5 Å². The maximum Gasteiger partial charge on any atom is 0.349 e. The van der Waals surface area contributed by atoms with Gasteiger partial charge >= 0.3 is 11.9 Å². The fourth-order valence-corrected chi connectivity index (χ4v) is 1.91. The number of ether oxygens (including phenoxy) is 2. The van der Waals surface area contributed by atoms with E-state index in [1.54, 1.807) is 6.92 Å². The third-order valence-corrected chi connectivity index (χ3v) is 2.94. The maximum absolute atomic E-state index is 11.9. The van der Waals surface area contributed by atoms with Crippen LogP contribution in [0.25, 0.3) is 5.57 Å². The molecule has 100 valence electrons. The summed E-state index contributed by atoms with van der Waals surface area (Å²) in [7, 11) is 0. The topological polar surface area (TPSA) is 52.6 Å². The summed E-state index contributed by atoms with van der Waals surface area (Å²) in [5.74, 6) is -2.48. The zero-order chi connectivity index (χ0) is 14.2. The molecule has 1 aliphatic heterocycles. The summed E-state index contributed by atoms with van der Waals surface area (Å²) < 4.78 is 10.2. The van der Waals surface area contributed by atoms with E-state index in [9.17, 15) is 9.59 Å². The summed E-state index contributed by atoms with van der Waals surface area (Å²) in [6.45, 7) is 6.74. The van der Waals surface area contributed by atoms with Crippen LogP contribution in [0, 0.1) is 6.92 Å². The molecule has 0 aliphatic carbocycles. The molecule has 0 spiro atoms. The van der Waals surface area contributed by atoms with E-state index in [1.165, 1.54) is 13.8 Å². The molecule has 1 aromatic carbocycles. The lowest BCUT2D eigenvalue weighted by Gasteiger charge is -2.30. The maximum atomic E-state index is 11.9.